The van der Waals surface area contributed by atoms with Gasteiger partial charge in [0.25, 0.3) is 0 Å². The summed E-state index contributed by atoms with van der Waals surface area (Å²) in [5, 5.41) is 2.82. The minimum Gasteiger partial charge on any atom is -0.497 e. The summed E-state index contributed by atoms with van der Waals surface area (Å²) in [5.74, 6) is 0.683. The maximum atomic E-state index is 11.7. The Kier molecular flexibility index (Phi) is 3.45. The second kappa shape index (κ2) is 5.21. The van der Waals surface area contributed by atoms with E-state index in [-0.39, 0.29) is 5.91 Å². The van der Waals surface area contributed by atoms with Gasteiger partial charge in [0.2, 0.25) is 5.91 Å². The van der Waals surface area contributed by atoms with E-state index in [9.17, 15) is 4.79 Å². The van der Waals surface area contributed by atoms with Crippen LogP contribution in [0.5, 0.6) is 5.75 Å². The highest BCUT2D eigenvalue weighted by molar-refractivity contribution is 5.92. The third-order valence-corrected chi connectivity index (χ3v) is 2.38. The summed E-state index contributed by atoms with van der Waals surface area (Å²) in [6, 6.07) is 9.17. The Balaban J connectivity index is 1.98. The first kappa shape index (κ1) is 11.3. The molecule has 2 N–H and O–H groups in total. The van der Waals surface area contributed by atoms with E-state index in [4.69, 9.17) is 4.74 Å². The lowest BCUT2D eigenvalue weighted by Crippen LogP contribution is -2.13. The molecule has 4 nitrogen and oxygen atoms in total. The van der Waals surface area contributed by atoms with Crippen LogP contribution in [-0.4, -0.2) is 18.0 Å². The molecule has 0 aliphatic heterocycles. The van der Waals surface area contributed by atoms with Gasteiger partial charge in [-0.3, -0.25) is 4.79 Å². The van der Waals surface area contributed by atoms with Crippen LogP contribution in [0.2, 0.25) is 0 Å². The molecular formula is C13H14N2O2. The van der Waals surface area contributed by atoms with Crippen molar-refractivity contribution in [3.05, 3.63) is 48.3 Å². The monoisotopic (exact) mass is 230 g/mol. The molecule has 0 aliphatic rings. The summed E-state index contributed by atoms with van der Waals surface area (Å²) in [6.45, 7) is 0. The molecule has 2 aromatic rings. The largest absolute Gasteiger partial charge is 0.497 e. The molecule has 88 valence electrons. The predicted molar refractivity (Wildman–Crippen MR) is 66.1 cm³/mol. The van der Waals surface area contributed by atoms with Crippen LogP contribution in [0.3, 0.4) is 0 Å². The van der Waals surface area contributed by atoms with Crippen molar-refractivity contribution in [3.8, 4) is 5.75 Å². The molecule has 0 radical (unpaired) electrons. The number of aromatic nitrogens is 1. The quantitative estimate of drug-likeness (QED) is 0.846. The molecular weight excluding hydrogens is 216 g/mol. The molecule has 1 amide bonds. The minimum absolute atomic E-state index is 0.0437. The number of ether oxygens (including phenoxy) is 1. The Hall–Kier alpha value is -2.23. The van der Waals surface area contributed by atoms with Crippen molar-refractivity contribution in [2.45, 2.75) is 6.42 Å². The van der Waals surface area contributed by atoms with Gasteiger partial charge in [0.15, 0.2) is 0 Å². The van der Waals surface area contributed by atoms with E-state index < -0.39 is 0 Å². The van der Waals surface area contributed by atoms with Crippen LogP contribution < -0.4 is 10.1 Å². The number of rotatable bonds is 4. The maximum Gasteiger partial charge on any atom is 0.228 e. The molecule has 2 rings (SSSR count). The smallest absolute Gasteiger partial charge is 0.228 e. The average molecular weight is 230 g/mol. The maximum absolute atomic E-state index is 11.7. The van der Waals surface area contributed by atoms with Gasteiger partial charge in [-0.1, -0.05) is 6.07 Å². The lowest BCUT2D eigenvalue weighted by atomic mass is 10.2. The highest BCUT2D eigenvalue weighted by atomic mass is 16.5. The van der Waals surface area contributed by atoms with Gasteiger partial charge in [-0.2, -0.15) is 0 Å². The summed E-state index contributed by atoms with van der Waals surface area (Å²) in [6.07, 6.45) is 3.97. The molecule has 17 heavy (non-hydrogen) atoms. The zero-order chi connectivity index (χ0) is 12.1. The van der Waals surface area contributed by atoms with Crippen molar-refractivity contribution in [1.29, 1.82) is 0 Å². The molecule has 0 bridgehead atoms. The second-order valence-electron chi connectivity index (χ2n) is 3.68. The number of hydrogen-bond donors (Lipinski definition) is 2. The van der Waals surface area contributed by atoms with Crippen LogP contribution in [0, 0.1) is 0 Å². The van der Waals surface area contributed by atoms with Crippen molar-refractivity contribution in [1.82, 2.24) is 4.98 Å². The van der Waals surface area contributed by atoms with Gasteiger partial charge >= 0.3 is 0 Å². The predicted octanol–water partition coefficient (Wildman–Crippen LogP) is 2.20. The highest BCUT2D eigenvalue weighted by Crippen LogP contribution is 2.16. The van der Waals surface area contributed by atoms with Crippen molar-refractivity contribution in [3.63, 3.8) is 0 Å². The molecule has 0 spiro atoms. The van der Waals surface area contributed by atoms with E-state index in [0.29, 0.717) is 6.42 Å². The third kappa shape index (κ3) is 3.11. The molecule has 0 saturated carbocycles. The van der Waals surface area contributed by atoms with E-state index >= 15 is 0 Å². The van der Waals surface area contributed by atoms with Crippen LogP contribution in [0.25, 0.3) is 0 Å². The zero-order valence-corrected chi connectivity index (χ0v) is 9.57. The van der Waals surface area contributed by atoms with Crippen molar-refractivity contribution < 1.29 is 9.53 Å². The van der Waals surface area contributed by atoms with Crippen LogP contribution in [-0.2, 0) is 11.2 Å². The fourth-order valence-electron chi connectivity index (χ4n) is 1.56. The van der Waals surface area contributed by atoms with Gasteiger partial charge in [-0.15, -0.1) is 0 Å². The fraction of sp³-hybridized carbons (Fsp3) is 0.154. The first-order valence-corrected chi connectivity index (χ1v) is 5.33. The van der Waals surface area contributed by atoms with Crippen molar-refractivity contribution in [2.75, 3.05) is 12.4 Å². The first-order valence-electron chi connectivity index (χ1n) is 5.33. The molecule has 0 aliphatic carbocycles. The Morgan fingerprint density at radius 1 is 1.41 bits per heavy atom. The number of H-pyrrole nitrogens is 1. The molecule has 0 unspecified atom stereocenters. The van der Waals surface area contributed by atoms with Gasteiger partial charge in [-0.25, -0.2) is 0 Å². The highest BCUT2D eigenvalue weighted by Gasteiger charge is 2.04. The number of methoxy groups -OCH3 is 1. The first-order chi connectivity index (χ1) is 8.28. The topological polar surface area (TPSA) is 54.1 Å². The molecule has 1 aromatic carbocycles. The van der Waals surface area contributed by atoms with E-state index in [1.165, 1.54) is 0 Å². The van der Waals surface area contributed by atoms with E-state index in [0.717, 1.165) is 17.0 Å². The Labute approximate surface area is 99.6 Å². The summed E-state index contributed by atoms with van der Waals surface area (Å²) < 4.78 is 5.09. The average Bonchev–Trinajstić information content (AvgIpc) is 2.82. The van der Waals surface area contributed by atoms with Crippen LogP contribution >= 0.6 is 0 Å². The number of benzene rings is 1. The number of aromatic amines is 1. The molecule has 1 aromatic heterocycles. The number of nitrogens with one attached hydrogen (secondary N) is 2. The number of carbonyl (C=O) groups excluding carboxylic acids is 1. The van der Waals surface area contributed by atoms with Crippen LogP contribution in [0.1, 0.15) is 5.56 Å². The van der Waals surface area contributed by atoms with Gasteiger partial charge < -0.3 is 15.0 Å². The summed E-state index contributed by atoms with van der Waals surface area (Å²) >= 11 is 0. The van der Waals surface area contributed by atoms with Gasteiger partial charge in [0.1, 0.15) is 5.75 Å². The van der Waals surface area contributed by atoms with Crippen molar-refractivity contribution >= 4 is 11.6 Å². The lowest BCUT2D eigenvalue weighted by molar-refractivity contribution is -0.115. The number of carbonyl (C=O) groups is 1. The van der Waals surface area contributed by atoms with E-state index in [1.54, 1.807) is 19.4 Å². The molecule has 0 saturated heterocycles. The normalized spacial score (nSPS) is 9.94. The van der Waals surface area contributed by atoms with Gasteiger partial charge in [0, 0.05) is 24.1 Å². The number of hydrogen-bond acceptors (Lipinski definition) is 2. The zero-order valence-electron chi connectivity index (χ0n) is 9.57. The molecule has 0 atom stereocenters. The van der Waals surface area contributed by atoms with Gasteiger partial charge in [0.05, 0.1) is 13.5 Å². The van der Waals surface area contributed by atoms with Crippen LogP contribution in [0.4, 0.5) is 5.69 Å². The Morgan fingerprint density at radius 2 is 2.29 bits per heavy atom. The molecule has 4 heteroatoms. The molecule has 1 heterocycles. The summed E-state index contributed by atoms with van der Waals surface area (Å²) in [4.78, 5) is 14.6. The standard InChI is InChI=1S/C13H14N2O2/c1-17-12-4-2-3-11(8-12)15-13(16)7-10-5-6-14-9-10/h2-6,8-9,14H,7H2,1H3,(H,15,16). The number of amides is 1. The summed E-state index contributed by atoms with van der Waals surface area (Å²) in [5.41, 5.74) is 1.70. The molecule has 0 fully saturated rings. The van der Waals surface area contributed by atoms with E-state index in [1.807, 2.05) is 30.5 Å². The van der Waals surface area contributed by atoms with Gasteiger partial charge in [-0.05, 0) is 23.8 Å². The SMILES string of the molecule is COc1cccc(NC(=O)Cc2cc[nH]c2)c1. The minimum atomic E-state index is -0.0437. The van der Waals surface area contributed by atoms with Crippen molar-refractivity contribution in [2.24, 2.45) is 0 Å². The Bertz CT molecular complexity index is 492. The second-order valence-corrected chi connectivity index (χ2v) is 3.68. The number of anilines is 1. The fourth-order valence-corrected chi connectivity index (χ4v) is 1.56. The summed E-state index contributed by atoms with van der Waals surface area (Å²) in [7, 11) is 1.60. The third-order valence-electron chi connectivity index (χ3n) is 2.38. The lowest BCUT2D eigenvalue weighted by Gasteiger charge is -2.06. The van der Waals surface area contributed by atoms with Crippen LogP contribution in [0.15, 0.2) is 42.7 Å². The Morgan fingerprint density at radius 3 is 3.00 bits per heavy atom. The van der Waals surface area contributed by atoms with E-state index in [2.05, 4.69) is 10.3 Å².